The molecule has 104 valence electrons. The summed E-state index contributed by atoms with van der Waals surface area (Å²) in [5, 5.41) is 9.23. The Hall–Kier alpha value is -0.380. The summed E-state index contributed by atoms with van der Waals surface area (Å²) in [5.74, 6) is 0.739. The predicted molar refractivity (Wildman–Crippen MR) is 82.4 cm³/mol. The van der Waals surface area contributed by atoms with Crippen LogP contribution in [0.15, 0.2) is 17.5 Å². The molecule has 0 aliphatic rings. The summed E-state index contributed by atoms with van der Waals surface area (Å²) in [7, 11) is 0. The minimum Gasteiger partial charge on any atom is -0.315 e. The summed E-state index contributed by atoms with van der Waals surface area (Å²) in [6, 6.07) is 4.95. The highest BCUT2D eigenvalue weighted by molar-refractivity contribution is 7.09. The van der Waals surface area contributed by atoms with E-state index in [9.17, 15) is 0 Å². The van der Waals surface area contributed by atoms with E-state index in [1.54, 1.807) is 0 Å². The van der Waals surface area contributed by atoms with Crippen LogP contribution in [0.4, 0.5) is 0 Å². The molecule has 0 aromatic carbocycles. The maximum Gasteiger partial charge on any atom is 0.0164 e. The Morgan fingerprint density at radius 1 is 1.17 bits per heavy atom. The zero-order chi connectivity index (χ0) is 13.2. The fourth-order valence-electron chi connectivity index (χ4n) is 1.89. The van der Waals surface area contributed by atoms with Gasteiger partial charge in [0.15, 0.2) is 0 Å². The fraction of sp³-hybridized carbons (Fsp3) is 0.733. The van der Waals surface area contributed by atoms with Crippen LogP contribution in [0, 0.1) is 5.92 Å². The van der Waals surface area contributed by atoms with E-state index in [0.29, 0.717) is 6.04 Å². The van der Waals surface area contributed by atoms with Gasteiger partial charge in [0, 0.05) is 17.5 Å². The third-order valence-electron chi connectivity index (χ3n) is 2.93. The molecule has 1 rings (SSSR count). The number of hydrogen-bond donors (Lipinski definition) is 2. The largest absolute Gasteiger partial charge is 0.315 e. The maximum absolute atomic E-state index is 3.58. The molecule has 1 heterocycles. The van der Waals surface area contributed by atoms with E-state index in [4.69, 9.17) is 0 Å². The van der Waals surface area contributed by atoms with Crippen LogP contribution in [0.5, 0.6) is 0 Å². The molecule has 1 aromatic heterocycles. The summed E-state index contributed by atoms with van der Waals surface area (Å²) < 4.78 is 0. The first-order chi connectivity index (χ1) is 8.68. The zero-order valence-electron chi connectivity index (χ0n) is 12.0. The van der Waals surface area contributed by atoms with Gasteiger partial charge in [-0.1, -0.05) is 19.9 Å². The topological polar surface area (TPSA) is 24.1 Å². The van der Waals surface area contributed by atoms with Crippen molar-refractivity contribution < 1.29 is 0 Å². The first-order valence-corrected chi connectivity index (χ1v) is 8.03. The molecule has 0 amide bonds. The second-order valence-corrected chi connectivity index (χ2v) is 6.48. The van der Waals surface area contributed by atoms with Crippen molar-refractivity contribution in [2.75, 3.05) is 19.6 Å². The van der Waals surface area contributed by atoms with Crippen molar-refractivity contribution in [3.05, 3.63) is 22.4 Å². The summed E-state index contributed by atoms with van der Waals surface area (Å²) >= 11 is 1.87. The fourth-order valence-corrected chi connectivity index (χ4v) is 2.64. The van der Waals surface area contributed by atoms with E-state index in [-0.39, 0.29) is 0 Å². The highest BCUT2D eigenvalue weighted by Gasteiger charge is 2.01. The molecule has 0 spiro atoms. The lowest BCUT2D eigenvalue weighted by atomic mass is 10.2. The Morgan fingerprint density at radius 2 is 2.00 bits per heavy atom. The molecule has 0 fully saturated rings. The van der Waals surface area contributed by atoms with Crippen LogP contribution in [0.1, 0.15) is 38.5 Å². The minimum atomic E-state index is 0.575. The number of nitrogens with one attached hydrogen (secondary N) is 2. The summed E-state index contributed by atoms with van der Waals surface area (Å²) in [5.41, 5.74) is 0. The highest BCUT2D eigenvalue weighted by Crippen LogP contribution is 2.11. The molecule has 1 unspecified atom stereocenters. The van der Waals surface area contributed by atoms with Gasteiger partial charge >= 0.3 is 0 Å². The SMILES string of the molecule is CC(C)CNCC(C)NCCCCc1cccs1. The van der Waals surface area contributed by atoms with Crippen molar-refractivity contribution in [2.24, 2.45) is 5.92 Å². The number of unbranched alkanes of at least 4 members (excludes halogenated alkanes) is 1. The predicted octanol–water partition coefficient (Wildman–Crippen LogP) is 3.29. The molecule has 1 atom stereocenters. The molecular formula is C15H28N2S. The Bertz CT molecular complexity index is 283. The molecule has 2 N–H and O–H groups in total. The van der Waals surface area contributed by atoms with Crippen LogP contribution in [0.2, 0.25) is 0 Å². The monoisotopic (exact) mass is 268 g/mol. The van der Waals surface area contributed by atoms with Gasteiger partial charge in [0.1, 0.15) is 0 Å². The maximum atomic E-state index is 3.58. The summed E-state index contributed by atoms with van der Waals surface area (Å²) in [6.07, 6.45) is 3.80. The van der Waals surface area contributed by atoms with Crippen molar-refractivity contribution >= 4 is 11.3 Å². The first kappa shape index (κ1) is 15.7. The molecular weight excluding hydrogens is 240 g/mol. The second kappa shape index (κ2) is 9.54. The van der Waals surface area contributed by atoms with Crippen LogP contribution in [0.25, 0.3) is 0 Å². The highest BCUT2D eigenvalue weighted by atomic mass is 32.1. The zero-order valence-corrected chi connectivity index (χ0v) is 12.9. The third-order valence-corrected chi connectivity index (χ3v) is 3.86. The van der Waals surface area contributed by atoms with Gasteiger partial charge in [0.05, 0.1) is 0 Å². The van der Waals surface area contributed by atoms with Crippen molar-refractivity contribution in [2.45, 2.75) is 46.1 Å². The molecule has 0 saturated heterocycles. The standard InChI is InChI=1S/C15H28N2S/c1-13(2)11-16-12-14(3)17-9-5-4-7-15-8-6-10-18-15/h6,8,10,13-14,16-17H,4-5,7,9,11-12H2,1-3H3. The minimum absolute atomic E-state index is 0.575. The van der Waals surface area contributed by atoms with Gasteiger partial charge in [-0.25, -0.2) is 0 Å². The molecule has 1 aromatic rings. The van der Waals surface area contributed by atoms with E-state index in [1.165, 1.54) is 24.1 Å². The van der Waals surface area contributed by atoms with Gasteiger partial charge in [-0.3, -0.25) is 0 Å². The van der Waals surface area contributed by atoms with Crippen LogP contribution in [-0.2, 0) is 6.42 Å². The average Bonchev–Trinajstić information content (AvgIpc) is 2.81. The van der Waals surface area contributed by atoms with Gasteiger partial charge in [0.25, 0.3) is 0 Å². The van der Waals surface area contributed by atoms with Gasteiger partial charge in [-0.15, -0.1) is 11.3 Å². The van der Waals surface area contributed by atoms with Gasteiger partial charge < -0.3 is 10.6 Å². The van der Waals surface area contributed by atoms with E-state index in [0.717, 1.165) is 25.6 Å². The number of thiophene rings is 1. The lowest BCUT2D eigenvalue weighted by Crippen LogP contribution is -2.38. The van der Waals surface area contributed by atoms with E-state index in [1.807, 2.05) is 11.3 Å². The normalized spacial score (nSPS) is 13.1. The van der Waals surface area contributed by atoms with Crippen LogP contribution in [-0.4, -0.2) is 25.7 Å². The number of aryl methyl sites for hydroxylation is 1. The number of hydrogen-bond acceptors (Lipinski definition) is 3. The van der Waals surface area contributed by atoms with Gasteiger partial charge in [0.2, 0.25) is 0 Å². The summed E-state index contributed by atoms with van der Waals surface area (Å²) in [6.45, 7) is 10.1. The van der Waals surface area contributed by atoms with Crippen molar-refractivity contribution in [3.63, 3.8) is 0 Å². The summed E-state index contributed by atoms with van der Waals surface area (Å²) in [4.78, 5) is 1.52. The lowest BCUT2D eigenvalue weighted by molar-refractivity contribution is 0.466. The van der Waals surface area contributed by atoms with E-state index >= 15 is 0 Å². The Balaban J connectivity index is 1.90. The van der Waals surface area contributed by atoms with Crippen LogP contribution in [0.3, 0.4) is 0 Å². The van der Waals surface area contributed by atoms with E-state index in [2.05, 4.69) is 48.9 Å². The van der Waals surface area contributed by atoms with Gasteiger partial charge in [-0.2, -0.15) is 0 Å². The Labute approximate surface area is 116 Å². The molecule has 18 heavy (non-hydrogen) atoms. The lowest BCUT2D eigenvalue weighted by Gasteiger charge is -2.15. The smallest absolute Gasteiger partial charge is 0.0164 e. The molecule has 0 radical (unpaired) electrons. The molecule has 3 heteroatoms. The molecule has 2 nitrogen and oxygen atoms in total. The molecule has 0 aliphatic heterocycles. The third kappa shape index (κ3) is 7.85. The van der Waals surface area contributed by atoms with Gasteiger partial charge in [-0.05, 0) is 56.6 Å². The second-order valence-electron chi connectivity index (χ2n) is 5.44. The van der Waals surface area contributed by atoms with Crippen molar-refractivity contribution in [1.82, 2.24) is 10.6 Å². The van der Waals surface area contributed by atoms with Crippen molar-refractivity contribution in [1.29, 1.82) is 0 Å². The van der Waals surface area contributed by atoms with Crippen LogP contribution < -0.4 is 10.6 Å². The molecule has 0 saturated carbocycles. The Morgan fingerprint density at radius 3 is 2.67 bits per heavy atom. The quantitative estimate of drug-likeness (QED) is 0.636. The van der Waals surface area contributed by atoms with Crippen LogP contribution >= 0.6 is 11.3 Å². The molecule has 0 bridgehead atoms. The first-order valence-electron chi connectivity index (χ1n) is 7.15. The van der Waals surface area contributed by atoms with Crippen molar-refractivity contribution in [3.8, 4) is 0 Å². The Kier molecular flexibility index (Phi) is 8.31. The number of rotatable bonds is 10. The average molecular weight is 268 g/mol. The van der Waals surface area contributed by atoms with E-state index < -0.39 is 0 Å². The molecule has 0 aliphatic carbocycles.